The van der Waals surface area contributed by atoms with Crippen LogP contribution < -0.4 is 5.56 Å². The Labute approximate surface area is 53.4 Å². The van der Waals surface area contributed by atoms with Gasteiger partial charge in [-0.2, -0.15) is 0 Å². The molecule has 0 radical (unpaired) electrons. The van der Waals surface area contributed by atoms with E-state index < -0.39 is 30.5 Å². The van der Waals surface area contributed by atoms with Crippen LogP contribution in [0, 0.1) is 6.85 Å². The zero-order valence-corrected chi connectivity index (χ0v) is 3.86. The monoisotopic (exact) mass is 115 g/mol. The smallest absolute Gasteiger partial charge is 0.250 e. The van der Waals surface area contributed by atoms with Crippen molar-refractivity contribution in [2.75, 3.05) is 0 Å². The third-order valence-corrected chi connectivity index (χ3v) is 0.569. The molecule has 0 aliphatic heterocycles. The third-order valence-electron chi connectivity index (χ3n) is 0.569. The standard InChI is InChI=1S/C5H6N2O/c1-4-6-3-2-5(8)7-4/h2-3H,1H3,(H,6,7,8)/i1D3,2D,3D. The predicted octanol–water partition coefficient (Wildman–Crippen LogP) is 0.0783. The molecule has 0 saturated carbocycles. The summed E-state index contributed by atoms with van der Waals surface area (Å²) in [6.07, 6.45) is -0.630. The number of aromatic amines is 1. The fourth-order valence-corrected chi connectivity index (χ4v) is 0.301. The summed E-state index contributed by atoms with van der Waals surface area (Å²) in [7, 11) is 0. The molecule has 1 aromatic rings. The van der Waals surface area contributed by atoms with Crippen LogP contribution in [0.1, 0.15) is 12.7 Å². The van der Waals surface area contributed by atoms with Crippen molar-refractivity contribution in [1.29, 1.82) is 0 Å². The number of hydrogen-bond donors (Lipinski definition) is 1. The van der Waals surface area contributed by atoms with Crippen LogP contribution in [0.4, 0.5) is 0 Å². The van der Waals surface area contributed by atoms with E-state index in [2.05, 4.69) is 4.98 Å². The average Bonchev–Trinajstić information content (AvgIpc) is 1.97. The zero-order valence-electron chi connectivity index (χ0n) is 8.86. The highest BCUT2D eigenvalue weighted by molar-refractivity contribution is 4.85. The second kappa shape index (κ2) is 1.78. The number of nitrogens with one attached hydrogen (secondary N) is 1. The maximum Gasteiger partial charge on any atom is 0.250 e. The molecule has 1 N–H and O–H groups in total. The minimum Gasteiger partial charge on any atom is -0.311 e. The van der Waals surface area contributed by atoms with Crippen LogP contribution in [0.2, 0.25) is 0 Å². The summed E-state index contributed by atoms with van der Waals surface area (Å²) in [5.41, 5.74) is -0.911. The lowest BCUT2D eigenvalue weighted by Crippen LogP contribution is -2.05. The molecule has 0 bridgehead atoms. The first-order valence-electron chi connectivity index (χ1n) is 4.40. The van der Waals surface area contributed by atoms with Gasteiger partial charge >= 0.3 is 0 Å². The van der Waals surface area contributed by atoms with Crippen LogP contribution in [0.3, 0.4) is 0 Å². The van der Waals surface area contributed by atoms with E-state index in [1.165, 1.54) is 0 Å². The van der Waals surface area contributed by atoms with E-state index in [9.17, 15) is 4.79 Å². The van der Waals surface area contributed by atoms with Crippen molar-refractivity contribution in [1.82, 2.24) is 9.97 Å². The summed E-state index contributed by atoms with van der Waals surface area (Å²) < 4.78 is 34.7. The molecule has 0 atom stereocenters. The molecule has 0 saturated heterocycles. The van der Waals surface area contributed by atoms with E-state index in [-0.39, 0.29) is 0 Å². The van der Waals surface area contributed by atoms with Gasteiger partial charge in [0, 0.05) is 16.3 Å². The molecule has 0 spiro atoms. The average molecular weight is 115 g/mol. The van der Waals surface area contributed by atoms with E-state index in [0.717, 1.165) is 0 Å². The highest BCUT2D eigenvalue weighted by Gasteiger charge is 1.80. The fraction of sp³-hybridized carbons (Fsp3) is 0.200. The minimum atomic E-state index is -2.55. The lowest BCUT2D eigenvalue weighted by Gasteiger charge is -1.84. The van der Waals surface area contributed by atoms with Crippen molar-refractivity contribution < 1.29 is 6.85 Å². The van der Waals surface area contributed by atoms with Gasteiger partial charge in [-0.05, 0) is 6.85 Å². The van der Waals surface area contributed by atoms with Gasteiger partial charge in [-0.15, -0.1) is 0 Å². The first-order chi connectivity index (χ1) is 5.82. The summed E-state index contributed by atoms with van der Waals surface area (Å²) in [5.74, 6) is -0.557. The first kappa shape index (κ1) is 1.69. The molecule has 1 rings (SSSR count). The summed E-state index contributed by atoms with van der Waals surface area (Å²) in [4.78, 5) is 16.0. The van der Waals surface area contributed by atoms with Crippen LogP contribution in [0.15, 0.2) is 17.0 Å². The van der Waals surface area contributed by atoms with E-state index in [1.54, 1.807) is 0 Å². The molecule has 1 heterocycles. The molecule has 0 aliphatic carbocycles. The topological polar surface area (TPSA) is 45.8 Å². The van der Waals surface area contributed by atoms with Crippen LogP contribution in [0.25, 0.3) is 0 Å². The lowest BCUT2D eigenvalue weighted by molar-refractivity contribution is 1.02. The van der Waals surface area contributed by atoms with Gasteiger partial charge in [0.2, 0.25) is 0 Å². The Kier molecular flexibility index (Phi) is 0.374. The molecule has 0 unspecified atom stereocenters. The summed E-state index contributed by atoms with van der Waals surface area (Å²) >= 11 is 0. The number of aromatic nitrogens is 2. The third kappa shape index (κ3) is 0.932. The highest BCUT2D eigenvalue weighted by Crippen LogP contribution is 1.73. The number of hydrogen-bond acceptors (Lipinski definition) is 2. The molecule has 0 aromatic carbocycles. The maximum atomic E-state index is 10.9. The Morgan fingerprint density at radius 2 is 3.00 bits per heavy atom. The van der Waals surface area contributed by atoms with Gasteiger partial charge < -0.3 is 4.98 Å². The predicted molar refractivity (Wildman–Crippen MR) is 29.6 cm³/mol. The Bertz CT molecular complexity index is 381. The Balaban J connectivity index is 3.38. The molecule has 0 amide bonds. The molecule has 3 heteroatoms. The Morgan fingerprint density at radius 1 is 2.12 bits per heavy atom. The van der Waals surface area contributed by atoms with Gasteiger partial charge in [0.25, 0.3) is 5.56 Å². The molecule has 0 aliphatic rings. The molecule has 8 heavy (non-hydrogen) atoms. The fourth-order valence-electron chi connectivity index (χ4n) is 0.301. The summed E-state index contributed by atoms with van der Waals surface area (Å²) in [5, 5.41) is 0. The second-order valence-corrected chi connectivity index (χ2v) is 1.15. The van der Waals surface area contributed by atoms with Crippen molar-refractivity contribution in [2.24, 2.45) is 0 Å². The molecule has 1 aromatic heterocycles. The maximum absolute atomic E-state index is 10.9. The van der Waals surface area contributed by atoms with Gasteiger partial charge in [0.15, 0.2) is 0 Å². The number of H-pyrrole nitrogens is 1. The summed E-state index contributed by atoms with van der Waals surface area (Å²) in [6, 6.07) is -0.631. The second-order valence-electron chi connectivity index (χ2n) is 1.15. The summed E-state index contributed by atoms with van der Waals surface area (Å²) in [6.45, 7) is -2.55. The van der Waals surface area contributed by atoms with Crippen LogP contribution in [0.5, 0.6) is 0 Å². The quantitative estimate of drug-likeness (QED) is 0.520. The lowest BCUT2D eigenvalue weighted by atomic mass is 10.6. The first-order valence-corrected chi connectivity index (χ1v) is 1.90. The van der Waals surface area contributed by atoms with Crippen molar-refractivity contribution in [2.45, 2.75) is 6.85 Å². The van der Waals surface area contributed by atoms with Gasteiger partial charge in [0.1, 0.15) is 5.82 Å². The normalized spacial score (nSPS) is 19.8. The number of rotatable bonds is 0. The Morgan fingerprint density at radius 3 is 3.62 bits per heavy atom. The van der Waals surface area contributed by atoms with Crippen molar-refractivity contribution in [3.8, 4) is 0 Å². The molecule has 42 valence electrons. The highest BCUT2D eigenvalue weighted by atomic mass is 16.1. The van der Waals surface area contributed by atoms with Crippen LogP contribution in [-0.2, 0) is 0 Å². The number of aryl methyl sites for hydroxylation is 1. The molecule has 0 fully saturated rings. The number of nitrogens with zero attached hydrogens (tertiary/aromatic N) is 1. The van der Waals surface area contributed by atoms with Gasteiger partial charge in [-0.25, -0.2) is 4.98 Å². The largest absolute Gasteiger partial charge is 0.311 e. The van der Waals surface area contributed by atoms with Crippen LogP contribution in [-0.4, -0.2) is 9.97 Å². The van der Waals surface area contributed by atoms with Crippen molar-refractivity contribution in [3.63, 3.8) is 0 Å². The van der Waals surface area contributed by atoms with Crippen LogP contribution >= 0.6 is 0 Å². The zero-order chi connectivity index (χ0) is 10.2. The van der Waals surface area contributed by atoms with Crippen molar-refractivity contribution in [3.05, 3.63) is 28.4 Å². The van der Waals surface area contributed by atoms with Gasteiger partial charge in [-0.1, -0.05) is 0 Å². The van der Waals surface area contributed by atoms with E-state index in [0.29, 0.717) is 0 Å². The van der Waals surface area contributed by atoms with E-state index in [4.69, 9.17) is 6.85 Å². The van der Waals surface area contributed by atoms with E-state index in [1.807, 2.05) is 4.98 Å². The minimum absolute atomic E-state index is 0.557. The van der Waals surface area contributed by atoms with Gasteiger partial charge in [0.05, 0.1) is 2.74 Å². The van der Waals surface area contributed by atoms with Gasteiger partial charge in [-0.3, -0.25) is 4.79 Å². The molecule has 3 nitrogen and oxygen atoms in total. The van der Waals surface area contributed by atoms with E-state index >= 15 is 0 Å². The Hall–Kier alpha value is -1.12. The molecular formula is C5H6N2O. The SMILES string of the molecule is [2H]c1nc(C([2H])([2H])[2H])[nH]c(=O)c1[2H]. The molecular weight excluding hydrogens is 104 g/mol. The van der Waals surface area contributed by atoms with Crippen molar-refractivity contribution >= 4 is 0 Å².